The van der Waals surface area contributed by atoms with Crippen LogP contribution < -0.4 is 10.9 Å². The van der Waals surface area contributed by atoms with Gasteiger partial charge in [0.05, 0.1) is 17.6 Å². The van der Waals surface area contributed by atoms with E-state index in [1.807, 2.05) is 0 Å². The molecule has 3 amide bonds. The molecule has 0 unspecified atom stereocenters. The quantitative estimate of drug-likeness (QED) is 0.230. The molecule has 0 radical (unpaired) electrons. The highest BCUT2D eigenvalue weighted by Crippen LogP contribution is 2.32. The Morgan fingerprint density at radius 3 is 2.35 bits per heavy atom. The summed E-state index contributed by atoms with van der Waals surface area (Å²) >= 11 is 9.79. The molecule has 176 valence electrons. The minimum atomic E-state index is -0.435. The first kappa shape index (κ1) is 25.6. The molecule has 2 N–H and O–H groups in total. The highest BCUT2D eigenvalue weighted by molar-refractivity contribution is 9.10. The van der Waals surface area contributed by atoms with Gasteiger partial charge in [-0.05, 0) is 54.5 Å². The molecule has 1 heterocycles. The zero-order chi connectivity index (χ0) is 24.7. The minimum Gasteiger partial charge on any atom is -0.465 e. The van der Waals surface area contributed by atoms with E-state index >= 15 is 0 Å². The summed E-state index contributed by atoms with van der Waals surface area (Å²) < 4.78 is 5.92. The van der Waals surface area contributed by atoms with Gasteiger partial charge < -0.3 is 4.74 Å². The number of carbonyl (C=O) groups excluding carboxylic acids is 4. The Morgan fingerprint density at radius 1 is 1.06 bits per heavy atom. The van der Waals surface area contributed by atoms with Gasteiger partial charge in [0.2, 0.25) is 5.91 Å². The maximum absolute atomic E-state index is 12.7. The second-order valence-electron chi connectivity index (χ2n) is 7.06. The normalized spacial score (nSPS) is 14.3. The molecule has 0 saturated carbocycles. The minimum absolute atomic E-state index is 0.103. The zero-order valence-corrected chi connectivity index (χ0v) is 21.2. The maximum Gasteiger partial charge on any atom is 0.337 e. The van der Waals surface area contributed by atoms with E-state index in [4.69, 9.17) is 12.2 Å². The van der Waals surface area contributed by atoms with Gasteiger partial charge >= 0.3 is 5.97 Å². The van der Waals surface area contributed by atoms with E-state index in [9.17, 15) is 19.2 Å². The number of halogens is 1. The number of hydrogen-bond acceptors (Lipinski definition) is 7. The predicted molar refractivity (Wildman–Crippen MR) is 137 cm³/mol. The van der Waals surface area contributed by atoms with Crippen LogP contribution in [-0.4, -0.2) is 46.6 Å². The van der Waals surface area contributed by atoms with E-state index in [1.165, 1.54) is 23.8 Å². The second kappa shape index (κ2) is 11.9. The Labute approximate surface area is 214 Å². The van der Waals surface area contributed by atoms with Crippen molar-refractivity contribution in [3.05, 3.63) is 74.6 Å². The third-order valence-corrected chi connectivity index (χ3v) is 6.62. The molecule has 0 atom stereocenters. The van der Waals surface area contributed by atoms with Crippen LogP contribution in [0.1, 0.15) is 39.1 Å². The highest BCUT2D eigenvalue weighted by atomic mass is 79.9. The van der Waals surface area contributed by atoms with Gasteiger partial charge in [0.25, 0.3) is 11.8 Å². The number of thiocarbonyl (C=S) groups is 1. The van der Waals surface area contributed by atoms with E-state index in [0.717, 1.165) is 10.0 Å². The Bertz CT molecular complexity index is 1150. The molecule has 11 heteroatoms. The molecule has 2 aromatic carbocycles. The van der Waals surface area contributed by atoms with Crippen molar-refractivity contribution in [2.24, 2.45) is 0 Å². The summed E-state index contributed by atoms with van der Waals surface area (Å²) in [4.78, 5) is 50.3. The molecule has 0 aromatic heterocycles. The van der Waals surface area contributed by atoms with Gasteiger partial charge in [0.1, 0.15) is 4.32 Å². The molecule has 34 heavy (non-hydrogen) atoms. The summed E-state index contributed by atoms with van der Waals surface area (Å²) in [7, 11) is 1.31. The van der Waals surface area contributed by atoms with Gasteiger partial charge in [0, 0.05) is 23.0 Å². The van der Waals surface area contributed by atoms with Crippen molar-refractivity contribution in [1.82, 2.24) is 15.8 Å². The fourth-order valence-corrected chi connectivity index (χ4v) is 4.51. The summed E-state index contributed by atoms with van der Waals surface area (Å²) in [5.74, 6) is -1.48. The number of hydrazine groups is 1. The number of rotatable bonds is 7. The largest absolute Gasteiger partial charge is 0.465 e. The molecule has 1 aliphatic heterocycles. The molecule has 0 spiro atoms. The van der Waals surface area contributed by atoms with Crippen molar-refractivity contribution in [1.29, 1.82) is 0 Å². The molecule has 1 aliphatic rings. The summed E-state index contributed by atoms with van der Waals surface area (Å²) in [5, 5.41) is 0. The Balaban J connectivity index is 1.47. The van der Waals surface area contributed by atoms with E-state index in [1.54, 1.807) is 54.6 Å². The predicted octanol–water partition coefficient (Wildman–Crippen LogP) is 3.68. The number of esters is 1. The van der Waals surface area contributed by atoms with Crippen molar-refractivity contribution < 1.29 is 23.9 Å². The highest BCUT2D eigenvalue weighted by Gasteiger charge is 2.31. The first-order valence-electron chi connectivity index (χ1n) is 10.1. The lowest BCUT2D eigenvalue weighted by molar-refractivity contribution is -0.124. The topological polar surface area (TPSA) is 105 Å². The molecule has 1 fully saturated rings. The van der Waals surface area contributed by atoms with Crippen LogP contribution >= 0.6 is 39.9 Å². The first-order chi connectivity index (χ1) is 16.3. The van der Waals surface area contributed by atoms with Crippen LogP contribution in [0.4, 0.5) is 0 Å². The molecular weight excluding hydrogens is 542 g/mol. The second-order valence-corrected chi connectivity index (χ2v) is 9.65. The fraction of sp³-hybridized carbons (Fsp3) is 0.174. The van der Waals surface area contributed by atoms with Crippen molar-refractivity contribution in [2.45, 2.75) is 12.8 Å². The Morgan fingerprint density at radius 2 is 1.71 bits per heavy atom. The van der Waals surface area contributed by atoms with Crippen LogP contribution in [0, 0.1) is 0 Å². The third kappa shape index (κ3) is 6.75. The molecule has 1 saturated heterocycles. The number of carbonyl (C=O) groups is 4. The van der Waals surface area contributed by atoms with Crippen molar-refractivity contribution in [3.8, 4) is 0 Å². The molecular formula is C23H20BrN3O5S2. The van der Waals surface area contributed by atoms with Gasteiger partial charge in [-0.15, -0.1) is 0 Å². The van der Waals surface area contributed by atoms with Crippen molar-refractivity contribution in [2.75, 3.05) is 13.7 Å². The molecule has 3 rings (SSSR count). The summed E-state index contributed by atoms with van der Waals surface area (Å²) in [6, 6.07) is 13.4. The van der Waals surface area contributed by atoms with Crippen molar-refractivity contribution in [3.63, 3.8) is 0 Å². The lowest BCUT2D eigenvalue weighted by Crippen LogP contribution is -2.41. The average Bonchev–Trinajstić information content (AvgIpc) is 3.10. The number of thioether (sulfide) groups is 1. The monoisotopic (exact) mass is 561 g/mol. The number of nitrogens with zero attached hydrogens (tertiary/aromatic N) is 1. The van der Waals surface area contributed by atoms with Gasteiger partial charge in [0.15, 0.2) is 0 Å². The molecule has 0 aliphatic carbocycles. The summed E-state index contributed by atoms with van der Waals surface area (Å²) in [6.45, 7) is 0.275. The van der Waals surface area contributed by atoms with Gasteiger partial charge in [-0.1, -0.05) is 52.0 Å². The number of benzene rings is 2. The van der Waals surface area contributed by atoms with Gasteiger partial charge in [-0.3, -0.25) is 30.1 Å². The lowest BCUT2D eigenvalue weighted by Gasteiger charge is -2.14. The van der Waals surface area contributed by atoms with E-state index in [-0.39, 0.29) is 24.8 Å². The number of ether oxygens (including phenoxy) is 1. The number of methoxy groups -OCH3 is 1. The van der Waals surface area contributed by atoms with Crippen molar-refractivity contribution >= 4 is 74.0 Å². The Kier molecular flexibility index (Phi) is 8.97. The van der Waals surface area contributed by atoms with Crippen LogP contribution in [0.25, 0.3) is 6.08 Å². The molecule has 2 aromatic rings. The van der Waals surface area contributed by atoms with E-state index in [2.05, 4.69) is 31.5 Å². The van der Waals surface area contributed by atoms with Crippen LogP contribution in [0.15, 0.2) is 57.9 Å². The Hall–Kier alpha value is -3.02. The van der Waals surface area contributed by atoms with Crippen LogP contribution in [0.2, 0.25) is 0 Å². The van der Waals surface area contributed by atoms with Gasteiger partial charge in [-0.2, -0.15) is 0 Å². The SMILES string of the molecule is COC(=O)c1ccc(/C=C2\SC(=S)N(CCCC(=O)NNC(=O)c3ccc(Br)cc3)C2=O)cc1. The maximum atomic E-state index is 12.7. The number of nitrogens with one attached hydrogen (secondary N) is 2. The summed E-state index contributed by atoms with van der Waals surface area (Å²) in [5.41, 5.74) is 6.30. The zero-order valence-electron chi connectivity index (χ0n) is 18.0. The van der Waals surface area contributed by atoms with E-state index in [0.29, 0.717) is 26.8 Å². The third-order valence-electron chi connectivity index (χ3n) is 4.71. The molecule has 0 bridgehead atoms. The smallest absolute Gasteiger partial charge is 0.337 e. The van der Waals surface area contributed by atoms with Gasteiger partial charge in [-0.25, -0.2) is 4.79 Å². The van der Waals surface area contributed by atoms with Crippen LogP contribution in [0.5, 0.6) is 0 Å². The molecule has 8 nitrogen and oxygen atoms in total. The summed E-state index contributed by atoms with van der Waals surface area (Å²) in [6.07, 6.45) is 2.17. The number of hydrogen-bond donors (Lipinski definition) is 2. The lowest BCUT2D eigenvalue weighted by atomic mass is 10.1. The fourth-order valence-electron chi connectivity index (χ4n) is 2.94. The van der Waals surface area contributed by atoms with Crippen LogP contribution in [-0.2, 0) is 14.3 Å². The standard InChI is InChI=1S/C23H20BrN3O5S2/c1-32-22(31)16-6-4-14(5-7-16)13-18-21(30)27(23(33)34-18)12-2-3-19(28)25-26-20(29)15-8-10-17(24)11-9-15/h4-11,13H,2-3,12H2,1H3,(H,25,28)(H,26,29)/b18-13-. The first-order valence-corrected chi connectivity index (χ1v) is 12.1. The van der Waals surface area contributed by atoms with E-state index < -0.39 is 11.9 Å². The van der Waals surface area contributed by atoms with Crippen LogP contribution in [0.3, 0.4) is 0 Å². The average molecular weight is 562 g/mol. The number of amides is 3.